The lowest BCUT2D eigenvalue weighted by Crippen LogP contribution is -2.34. The summed E-state index contributed by atoms with van der Waals surface area (Å²) in [5.41, 5.74) is 0. The van der Waals surface area contributed by atoms with E-state index in [1.54, 1.807) is 0 Å². The molecule has 1 aliphatic rings. The van der Waals surface area contributed by atoms with Gasteiger partial charge in [-0.3, -0.25) is 0 Å². The predicted octanol–water partition coefficient (Wildman–Crippen LogP) is 2.52. The van der Waals surface area contributed by atoms with E-state index in [0.717, 1.165) is 25.7 Å². The molecule has 96 valence electrons. The fraction of sp³-hybridized carbons (Fsp3) is 1.00. The molecule has 0 aromatic carbocycles. The first-order valence-electron chi connectivity index (χ1n) is 6.09. The molecule has 1 atom stereocenters. The van der Waals surface area contributed by atoms with E-state index in [1.807, 2.05) is 0 Å². The van der Waals surface area contributed by atoms with Crippen molar-refractivity contribution in [1.29, 1.82) is 0 Å². The molecule has 0 aliphatic heterocycles. The van der Waals surface area contributed by atoms with E-state index in [0.29, 0.717) is 24.1 Å². The quantitative estimate of drug-likeness (QED) is 0.700. The van der Waals surface area contributed by atoms with Crippen LogP contribution < -0.4 is 4.72 Å². The van der Waals surface area contributed by atoms with E-state index in [-0.39, 0.29) is 4.83 Å². The SMILES string of the molecule is CCC(CC)C(Br)CNS(=O)(=O)CC1CC1. The highest BCUT2D eigenvalue weighted by Gasteiger charge is 2.28. The Balaban J connectivity index is 2.31. The molecule has 1 aliphatic carbocycles. The summed E-state index contributed by atoms with van der Waals surface area (Å²) in [5, 5.41) is 0. The Morgan fingerprint density at radius 2 is 1.88 bits per heavy atom. The van der Waals surface area contributed by atoms with Crippen LogP contribution in [0.4, 0.5) is 0 Å². The van der Waals surface area contributed by atoms with Gasteiger partial charge in [0.1, 0.15) is 0 Å². The predicted molar refractivity (Wildman–Crippen MR) is 71.3 cm³/mol. The van der Waals surface area contributed by atoms with Gasteiger partial charge in [-0.25, -0.2) is 13.1 Å². The lowest BCUT2D eigenvalue weighted by molar-refractivity contribution is 0.470. The molecule has 1 N–H and O–H groups in total. The van der Waals surface area contributed by atoms with Crippen LogP contribution in [0.15, 0.2) is 0 Å². The minimum absolute atomic E-state index is 0.247. The largest absolute Gasteiger partial charge is 0.214 e. The molecule has 16 heavy (non-hydrogen) atoms. The lowest BCUT2D eigenvalue weighted by atomic mass is 10.00. The molecule has 3 nitrogen and oxygen atoms in total. The average Bonchev–Trinajstić information content (AvgIpc) is 3.00. The highest BCUT2D eigenvalue weighted by Crippen LogP contribution is 2.30. The van der Waals surface area contributed by atoms with Crippen LogP contribution in [0, 0.1) is 11.8 Å². The molecule has 0 aromatic heterocycles. The summed E-state index contributed by atoms with van der Waals surface area (Å²) in [6.45, 7) is 4.80. The van der Waals surface area contributed by atoms with Gasteiger partial charge in [0.05, 0.1) is 5.75 Å². The molecular weight excluding hydrogens is 290 g/mol. The molecule has 0 spiro atoms. The highest BCUT2D eigenvalue weighted by molar-refractivity contribution is 9.09. The van der Waals surface area contributed by atoms with Gasteiger partial charge in [-0.05, 0) is 24.7 Å². The molecule has 0 aromatic rings. The molecule has 0 bridgehead atoms. The average molecular weight is 312 g/mol. The summed E-state index contributed by atoms with van der Waals surface area (Å²) in [4.78, 5) is 0.247. The first kappa shape index (κ1) is 14.5. The van der Waals surface area contributed by atoms with Crippen molar-refractivity contribution >= 4 is 26.0 Å². The zero-order chi connectivity index (χ0) is 12.2. The maximum atomic E-state index is 11.7. The Bertz CT molecular complexity index is 297. The van der Waals surface area contributed by atoms with E-state index in [1.165, 1.54) is 0 Å². The zero-order valence-electron chi connectivity index (χ0n) is 10.1. The molecular formula is C11H22BrNO2S. The van der Waals surface area contributed by atoms with E-state index >= 15 is 0 Å². The Labute approximate surface area is 108 Å². The normalized spacial score (nSPS) is 19.0. The molecule has 0 saturated heterocycles. The van der Waals surface area contributed by atoms with Crippen LogP contribution in [0.5, 0.6) is 0 Å². The third-order valence-electron chi connectivity index (χ3n) is 3.21. The van der Waals surface area contributed by atoms with Gasteiger partial charge in [0.2, 0.25) is 10.0 Å². The van der Waals surface area contributed by atoms with E-state index in [2.05, 4.69) is 34.5 Å². The summed E-state index contributed by atoms with van der Waals surface area (Å²) in [5.74, 6) is 1.28. The van der Waals surface area contributed by atoms with E-state index in [9.17, 15) is 8.42 Å². The monoisotopic (exact) mass is 311 g/mol. The van der Waals surface area contributed by atoms with Crippen LogP contribution in [0.2, 0.25) is 0 Å². The number of alkyl halides is 1. The first-order valence-corrected chi connectivity index (χ1v) is 8.66. The van der Waals surface area contributed by atoms with Gasteiger partial charge in [-0.1, -0.05) is 42.6 Å². The van der Waals surface area contributed by atoms with Crippen molar-refractivity contribution < 1.29 is 8.42 Å². The highest BCUT2D eigenvalue weighted by atomic mass is 79.9. The third kappa shape index (κ3) is 5.15. The van der Waals surface area contributed by atoms with E-state index in [4.69, 9.17) is 0 Å². The van der Waals surface area contributed by atoms with Gasteiger partial charge in [-0.15, -0.1) is 0 Å². The number of halogens is 1. The number of hydrogen-bond acceptors (Lipinski definition) is 2. The summed E-state index contributed by atoms with van der Waals surface area (Å²) < 4.78 is 26.0. The van der Waals surface area contributed by atoms with Crippen molar-refractivity contribution in [3.8, 4) is 0 Å². The first-order chi connectivity index (χ1) is 7.48. The Morgan fingerprint density at radius 3 is 2.31 bits per heavy atom. The van der Waals surface area contributed by atoms with Crippen LogP contribution in [-0.2, 0) is 10.0 Å². The Hall–Kier alpha value is 0.390. The van der Waals surface area contributed by atoms with Crippen molar-refractivity contribution in [1.82, 2.24) is 4.72 Å². The Kier molecular flexibility index (Phi) is 5.74. The van der Waals surface area contributed by atoms with Crippen LogP contribution >= 0.6 is 15.9 Å². The fourth-order valence-corrected chi connectivity index (χ4v) is 4.46. The molecule has 1 fully saturated rings. The second-order valence-electron chi connectivity index (χ2n) is 4.67. The van der Waals surface area contributed by atoms with Gasteiger partial charge in [0, 0.05) is 11.4 Å². The van der Waals surface area contributed by atoms with Gasteiger partial charge in [0.25, 0.3) is 0 Å². The molecule has 1 unspecified atom stereocenters. The van der Waals surface area contributed by atoms with Crippen molar-refractivity contribution in [2.45, 2.75) is 44.4 Å². The van der Waals surface area contributed by atoms with Crippen molar-refractivity contribution in [2.75, 3.05) is 12.3 Å². The van der Waals surface area contributed by atoms with Crippen molar-refractivity contribution in [2.24, 2.45) is 11.8 Å². The minimum Gasteiger partial charge on any atom is -0.214 e. The Morgan fingerprint density at radius 1 is 1.31 bits per heavy atom. The van der Waals surface area contributed by atoms with Gasteiger partial charge in [-0.2, -0.15) is 0 Å². The molecule has 1 rings (SSSR count). The topological polar surface area (TPSA) is 46.2 Å². The van der Waals surface area contributed by atoms with E-state index < -0.39 is 10.0 Å². The van der Waals surface area contributed by atoms with Gasteiger partial charge < -0.3 is 0 Å². The summed E-state index contributed by atoms with van der Waals surface area (Å²) in [6.07, 6.45) is 4.31. The second kappa shape index (κ2) is 6.36. The molecule has 0 radical (unpaired) electrons. The molecule has 0 heterocycles. The zero-order valence-corrected chi connectivity index (χ0v) is 12.5. The molecule has 0 amide bonds. The fourth-order valence-electron chi connectivity index (χ4n) is 1.83. The molecule has 1 saturated carbocycles. The van der Waals surface area contributed by atoms with Crippen LogP contribution in [0.3, 0.4) is 0 Å². The maximum Gasteiger partial charge on any atom is 0.211 e. The minimum atomic E-state index is -3.04. The number of nitrogens with one attached hydrogen (secondary N) is 1. The summed E-state index contributed by atoms with van der Waals surface area (Å²) in [7, 11) is -3.04. The van der Waals surface area contributed by atoms with Crippen molar-refractivity contribution in [3.63, 3.8) is 0 Å². The van der Waals surface area contributed by atoms with Crippen LogP contribution in [0.25, 0.3) is 0 Å². The van der Waals surface area contributed by atoms with Gasteiger partial charge in [0.15, 0.2) is 0 Å². The summed E-state index contributed by atoms with van der Waals surface area (Å²) >= 11 is 3.57. The standard InChI is InChI=1S/C11H22BrNO2S/c1-3-10(4-2)11(12)7-13-16(14,15)8-9-5-6-9/h9-11,13H,3-8H2,1-2H3. The number of sulfonamides is 1. The maximum absolute atomic E-state index is 11.7. The van der Waals surface area contributed by atoms with Crippen LogP contribution in [-0.4, -0.2) is 25.5 Å². The second-order valence-corrected chi connectivity index (χ2v) is 7.69. The van der Waals surface area contributed by atoms with Crippen LogP contribution in [0.1, 0.15) is 39.5 Å². The lowest BCUT2D eigenvalue weighted by Gasteiger charge is -2.19. The molecule has 5 heteroatoms. The third-order valence-corrected chi connectivity index (χ3v) is 5.80. The number of hydrogen-bond donors (Lipinski definition) is 1. The smallest absolute Gasteiger partial charge is 0.211 e. The van der Waals surface area contributed by atoms with Gasteiger partial charge >= 0.3 is 0 Å². The van der Waals surface area contributed by atoms with Crippen molar-refractivity contribution in [3.05, 3.63) is 0 Å². The summed E-state index contributed by atoms with van der Waals surface area (Å²) in [6, 6.07) is 0. The number of rotatable bonds is 8.